The van der Waals surface area contributed by atoms with Crippen LogP contribution in [0.2, 0.25) is 0 Å². The molecule has 0 saturated carbocycles. The average molecular weight is 495 g/mol. The Morgan fingerprint density at radius 3 is 3.06 bits per heavy atom. The number of aliphatic imine (C=N–C) groups is 1. The number of hydrogen-bond acceptors (Lipinski definition) is 9. The summed E-state index contributed by atoms with van der Waals surface area (Å²) in [6, 6.07) is -0.661. The quantitative estimate of drug-likeness (QED) is 0.380. The van der Waals surface area contributed by atoms with Crippen molar-refractivity contribution in [3.8, 4) is 0 Å². The van der Waals surface area contributed by atoms with Gasteiger partial charge in [-0.1, -0.05) is 6.08 Å². The molecular formula is C21H26N4O4S3. The minimum Gasteiger partial charge on any atom is -0.456 e. The molecule has 1 unspecified atom stereocenters. The summed E-state index contributed by atoms with van der Waals surface area (Å²) < 4.78 is 5.71. The molecule has 172 valence electrons. The lowest BCUT2D eigenvalue weighted by Crippen LogP contribution is -2.51. The number of amides is 2. The fourth-order valence-electron chi connectivity index (χ4n) is 3.92. The van der Waals surface area contributed by atoms with Crippen LogP contribution in [0.5, 0.6) is 0 Å². The van der Waals surface area contributed by atoms with Crippen LogP contribution in [-0.4, -0.2) is 68.4 Å². The molecular weight excluding hydrogens is 468 g/mol. The molecule has 1 fully saturated rings. The largest absolute Gasteiger partial charge is 0.456 e. The Morgan fingerprint density at radius 2 is 2.25 bits per heavy atom. The molecule has 1 aromatic rings. The van der Waals surface area contributed by atoms with Gasteiger partial charge in [0.05, 0.1) is 13.0 Å². The van der Waals surface area contributed by atoms with E-state index < -0.39 is 23.7 Å². The number of esters is 1. The Balaban J connectivity index is 1.65. The number of hydrogen-bond donors (Lipinski definition) is 2. The number of carbonyl (C=O) groups is 3. The van der Waals surface area contributed by atoms with E-state index in [1.165, 1.54) is 23.1 Å². The fraction of sp³-hybridized carbons (Fsp3) is 0.571. The van der Waals surface area contributed by atoms with E-state index in [0.717, 1.165) is 22.2 Å². The third-order valence-corrected chi connectivity index (χ3v) is 7.98. The van der Waals surface area contributed by atoms with Crippen LogP contribution in [0.25, 0.3) is 0 Å². The molecule has 4 rings (SSSR count). The zero-order chi connectivity index (χ0) is 22.7. The molecule has 3 atom stereocenters. The Bertz CT molecular complexity index is 963. The number of aromatic nitrogens is 1. The Morgan fingerprint density at radius 1 is 1.41 bits per heavy atom. The van der Waals surface area contributed by atoms with Crippen molar-refractivity contribution >= 4 is 58.6 Å². The predicted molar refractivity (Wildman–Crippen MR) is 128 cm³/mol. The molecule has 1 N–H and O–H groups in total. The fourth-order valence-corrected chi connectivity index (χ4v) is 5.99. The molecule has 1 saturated heterocycles. The summed E-state index contributed by atoms with van der Waals surface area (Å²) in [6.45, 7) is 2.59. The molecule has 4 bridgehead atoms. The van der Waals surface area contributed by atoms with Crippen molar-refractivity contribution < 1.29 is 19.1 Å². The maximum Gasteiger partial charge on any atom is 0.329 e. The lowest BCUT2D eigenvalue weighted by atomic mass is 10.0. The summed E-state index contributed by atoms with van der Waals surface area (Å²) in [5.41, 5.74) is -0.220. The van der Waals surface area contributed by atoms with Crippen molar-refractivity contribution in [1.82, 2.24) is 15.2 Å². The second-order valence-electron chi connectivity index (χ2n) is 8.16. The summed E-state index contributed by atoms with van der Waals surface area (Å²) in [7, 11) is 0. The van der Waals surface area contributed by atoms with Crippen LogP contribution in [0.15, 0.2) is 22.5 Å². The molecule has 4 heterocycles. The molecule has 1 aromatic heterocycles. The summed E-state index contributed by atoms with van der Waals surface area (Å²) in [5, 5.41) is 6.22. The smallest absolute Gasteiger partial charge is 0.329 e. The van der Waals surface area contributed by atoms with Gasteiger partial charge in [-0.25, -0.2) is 9.78 Å². The summed E-state index contributed by atoms with van der Waals surface area (Å²) in [4.78, 5) is 49.9. The lowest BCUT2D eigenvalue weighted by molar-refractivity contribution is -0.157. The van der Waals surface area contributed by atoms with E-state index in [1.807, 2.05) is 18.4 Å². The highest BCUT2D eigenvalue weighted by Crippen LogP contribution is 2.35. The van der Waals surface area contributed by atoms with Gasteiger partial charge in [0.15, 0.2) is 0 Å². The predicted octanol–water partition coefficient (Wildman–Crippen LogP) is 2.19. The summed E-state index contributed by atoms with van der Waals surface area (Å²) >= 11 is 7.12. The molecule has 2 amide bonds. The number of thiol groups is 1. The third kappa shape index (κ3) is 5.04. The van der Waals surface area contributed by atoms with Crippen LogP contribution in [0.4, 0.5) is 0 Å². The molecule has 8 nitrogen and oxygen atoms in total. The standard InChI is InChI=1S/C21H26N4O4S3/c1-21-12-32-18(24-21)14-11-31-17(23-14)10-22-16(26)9-13(5-2-3-8-30)29-19(27)15-6-4-7-25(15)20(21)28/h2,5,11,13,15,30H,3-4,6-10,12H2,1H3,(H,22,26)/b5-2+/t13?,15-,21-/m0/s1. The van der Waals surface area contributed by atoms with Crippen molar-refractivity contribution in [1.29, 1.82) is 0 Å². The second-order valence-corrected chi connectivity index (χ2v) is 10.5. The number of nitrogens with zero attached hydrogens (tertiary/aromatic N) is 3. The molecule has 32 heavy (non-hydrogen) atoms. The minimum absolute atomic E-state index is 0.00792. The number of rotatable bonds is 3. The minimum atomic E-state index is -0.941. The first-order valence-corrected chi connectivity index (χ1v) is 13.1. The highest BCUT2D eigenvalue weighted by atomic mass is 32.2. The van der Waals surface area contributed by atoms with Crippen LogP contribution in [0.1, 0.15) is 43.3 Å². The van der Waals surface area contributed by atoms with E-state index in [1.54, 1.807) is 11.0 Å². The van der Waals surface area contributed by atoms with Crippen LogP contribution >= 0.6 is 35.7 Å². The van der Waals surface area contributed by atoms with Crippen molar-refractivity contribution in [3.05, 3.63) is 28.2 Å². The maximum absolute atomic E-state index is 13.4. The van der Waals surface area contributed by atoms with E-state index in [-0.39, 0.29) is 24.8 Å². The summed E-state index contributed by atoms with van der Waals surface area (Å²) in [6.07, 6.45) is 4.85. The number of carbonyl (C=O) groups excluding carboxylic acids is 3. The van der Waals surface area contributed by atoms with E-state index in [9.17, 15) is 14.4 Å². The van der Waals surface area contributed by atoms with Crippen LogP contribution < -0.4 is 5.32 Å². The molecule has 0 aromatic carbocycles. The van der Waals surface area contributed by atoms with Gasteiger partial charge < -0.3 is 15.0 Å². The van der Waals surface area contributed by atoms with Gasteiger partial charge in [0.2, 0.25) is 5.91 Å². The van der Waals surface area contributed by atoms with Crippen molar-refractivity contribution in [2.75, 3.05) is 18.1 Å². The van der Waals surface area contributed by atoms with Gasteiger partial charge in [0.1, 0.15) is 33.4 Å². The van der Waals surface area contributed by atoms with Gasteiger partial charge >= 0.3 is 5.97 Å². The number of nitrogens with one attached hydrogen (secondary N) is 1. The number of fused-ring (bicyclic) bond motifs is 5. The van der Waals surface area contributed by atoms with Gasteiger partial charge in [0.25, 0.3) is 5.91 Å². The van der Waals surface area contributed by atoms with Crippen LogP contribution in [-0.2, 0) is 25.7 Å². The topological polar surface area (TPSA) is 101 Å². The molecule has 0 spiro atoms. The van der Waals surface area contributed by atoms with Crippen molar-refractivity contribution in [2.24, 2.45) is 4.99 Å². The molecule has 0 aliphatic carbocycles. The van der Waals surface area contributed by atoms with Gasteiger partial charge in [-0.3, -0.25) is 14.6 Å². The SMILES string of the molecule is C[C@@]12CSC(=N1)c1csc(n1)CNC(=O)CC(/C=C/CCS)OC(=O)[C@@H]1CCCN1C2=O. The van der Waals surface area contributed by atoms with Crippen molar-refractivity contribution in [2.45, 2.75) is 56.8 Å². The lowest BCUT2D eigenvalue weighted by Gasteiger charge is -2.30. The van der Waals surface area contributed by atoms with Gasteiger partial charge in [0, 0.05) is 17.7 Å². The van der Waals surface area contributed by atoms with E-state index >= 15 is 0 Å². The van der Waals surface area contributed by atoms with Gasteiger partial charge in [-0.05, 0) is 38.0 Å². The Labute approximate surface area is 200 Å². The number of thiazole rings is 1. The normalized spacial score (nSPS) is 29.1. The monoisotopic (exact) mass is 494 g/mol. The van der Waals surface area contributed by atoms with Gasteiger partial charge in [-0.15, -0.1) is 23.1 Å². The first-order chi connectivity index (χ1) is 15.4. The summed E-state index contributed by atoms with van der Waals surface area (Å²) in [5.74, 6) is 0.277. The number of allylic oxidation sites excluding steroid dienone is 1. The van der Waals surface area contributed by atoms with E-state index in [4.69, 9.17) is 9.73 Å². The zero-order valence-electron chi connectivity index (χ0n) is 17.8. The highest BCUT2D eigenvalue weighted by Gasteiger charge is 2.46. The van der Waals surface area contributed by atoms with E-state index in [2.05, 4.69) is 22.9 Å². The van der Waals surface area contributed by atoms with Crippen LogP contribution in [0.3, 0.4) is 0 Å². The van der Waals surface area contributed by atoms with E-state index in [0.29, 0.717) is 30.9 Å². The molecule has 11 heteroatoms. The zero-order valence-corrected chi connectivity index (χ0v) is 20.3. The number of ether oxygens (including phenoxy) is 1. The average Bonchev–Trinajstić information content (AvgIpc) is 3.51. The maximum atomic E-state index is 13.4. The molecule has 0 radical (unpaired) electrons. The second kappa shape index (κ2) is 9.96. The molecule has 3 aliphatic heterocycles. The number of thioether (sulfide) groups is 1. The van der Waals surface area contributed by atoms with Crippen LogP contribution in [0, 0.1) is 0 Å². The number of cyclic esters (lactones) is 1. The Kier molecular flexibility index (Phi) is 7.26. The first kappa shape index (κ1) is 23.3. The Hall–Kier alpha value is -1.85. The van der Waals surface area contributed by atoms with Crippen molar-refractivity contribution in [3.63, 3.8) is 0 Å². The highest BCUT2D eigenvalue weighted by molar-refractivity contribution is 8.14. The molecule has 3 aliphatic rings. The first-order valence-electron chi connectivity index (χ1n) is 10.6. The van der Waals surface area contributed by atoms with Gasteiger partial charge in [-0.2, -0.15) is 12.6 Å². The third-order valence-electron chi connectivity index (χ3n) is 5.59.